The van der Waals surface area contributed by atoms with Crippen LogP contribution in [0.4, 0.5) is 4.39 Å². The number of ether oxygens (including phenoxy) is 1. The molecule has 1 N–H and O–H groups in total. The van der Waals surface area contributed by atoms with E-state index < -0.39 is 0 Å². The van der Waals surface area contributed by atoms with Crippen molar-refractivity contribution in [2.75, 3.05) is 26.3 Å². The van der Waals surface area contributed by atoms with Crippen LogP contribution in [0.3, 0.4) is 0 Å². The first-order valence-electron chi connectivity index (χ1n) is 9.80. The molecule has 0 aliphatic carbocycles. The van der Waals surface area contributed by atoms with Crippen LogP contribution in [0.2, 0.25) is 0 Å². The molecular formula is C22H22FN5O. The second-order valence-electron chi connectivity index (χ2n) is 7.34. The van der Waals surface area contributed by atoms with Crippen LogP contribution in [0.25, 0.3) is 22.6 Å². The van der Waals surface area contributed by atoms with Crippen LogP contribution in [-0.2, 0) is 17.8 Å². The topological polar surface area (TPSA) is 59.0 Å². The third kappa shape index (κ3) is 3.92. The summed E-state index contributed by atoms with van der Waals surface area (Å²) < 4.78 is 20.7. The Hall–Kier alpha value is -3.03. The van der Waals surface area contributed by atoms with Crippen LogP contribution in [0.1, 0.15) is 11.1 Å². The largest absolute Gasteiger partial charge is 0.379 e. The number of H-pyrrole nitrogens is 1. The van der Waals surface area contributed by atoms with Gasteiger partial charge in [0.05, 0.1) is 26.0 Å². The molecule has 0 unspecified atom stereocenters. The van der Waals surface area contributed by atoms with Gasteiger partial charge in [-0.15, -0.1) is 0 Å². The van der Waals surface area contributed by atoms with Crippen LogP contribution in [0, 0.1) is 5.82 Å². The minimum atomic E-state index is -0.245. The predicted octanol–water partition coefficient (Wildman–Crippen LogP) is 3.45. The lowest BCUT2D eigenvalue weighted by atomic mass is 10.1. The number of hydrogen-bond acceptors (Lipinski definition) is 4. The number of imidazole rings is 1. The normalized spacial score (nSPS) is 15.2. The number of aromatic nitrogens is 4. The highest BCUT2D eigenvalue weighted by Crippen LogP contribution is 2.22. The molecule has 5 rings (SSSR count). The highest BCUT2D eigenvalue weighted by atomic mass is 19.1. The van der Waals surface area contributed by atoms with Crippen molar-refractivity contribution in [1.82, 2.24) is 24.6 Å². The van der Waals surface area contributed by atoms with Crippen molar-refractivity contribution in [3.8, 4) is 11.4 Å². The lowest BCUT2D eigenvalue weighted by molar-refractivity contribution is 0.0342. The lowest BCUT2D eigenvalue weighted by Gasteiger charge is -2.26. The Morgan fingerprint density at radius 2 is 1.79 bits per heavy atom. The summed E-state index contributed by atoms with van der Waals surface area (Å²) in [5.41, 5.74) is 4.79. The molecule has 1 saturated heterocycles. The average Bonchev–Trinajstić information content (AvgIpc) is 3.31. The summed E-state index contributed by atoms with van der Waals surface area (Å²) >= 11 is 0. The molecule has 0 radical (unpaired) electrons. The van der Waals surface area contributed by atoms with Gasteiger partial charge in [-0.25, -0.2) is 14.1 Å². The number of aromatic amines is 1. The van der Waals surface area contributed by atoms with E-state index in [2.05, 4.69) is 39.2 Å². The summed E-state index contributed by atoms with van der Waals surface area (Å²) in [6.07, 6.45) is 1.77. The van der Waals surface area contributed by atoms with Gasteiger partial charge in [0.15, 0.2) is 5.65 Å². The number of nitrogens with one attached hydrogen (secondary N) is 1. The first-order valence-corrected chi connectivity index (χ1v) is 9.80. The van der Waals surface area contributed by atoms with Gasteiger partial charge < -0.3 is 9.72 Å². The molecule has 0 bridgehead atoms. The van der Waals surface area contributed by atoms with E-state index >= 15 is 0 Å². The van der Waals surface area contributed by atoms with Crippen molar-refractivity contribution in [1.29, 1.82) is 0 Å². The summed E-state index contributed by atoms with van der Waals surface area (Å²) in [6.45, 7) is 4.90. The Balaban J connectivity index is 1.39. The highest BCUT2D eigenvalue weighted by molar-refractivity contribution is 5.76. The standard InChI is InChI=1S/C22H22FN5O/c23-19-6-2-4-17(12-19)15-28-22-20(13-24-28)25-21(26-22)18-5-1-3-16(11-18)14-27-7-9-29-10-8-27/h1-6,11-13H,7-10,14-15H2,(H,25,26). The molecule has 1 fully saturated rings. The van der Waals surface area contributed by atoms with Gasteiger partial charge in [0.1, 0.15) is 17.2 Å². The van der Waals surface area contributed by atoms with Gasteiger partial charge in [0, 0.05) is 25.2 Å². The van der Waals surface area contributed by atoms with Crippen LogP contribution < -0.4 is 0 Å². The maximum absolute atomic E-state index is 13.5. The third-order valence-electron chi connectivity index (χ3n) is 5.21. The molecule has 29 heavy (non-hydrogen) atoms. The number of hydrogen-bond donors (Lipinski definition) is 1. The molecule has 1 aliphatic heterocycles. The SMILES string of the molecule is Fc1cccc(Cn2ncc3[nH]c(-c4cccc(CN5CCOCC5)c4)nc32)c1. The van der Waals surface area contributed by atoms with Crippen LogP contribution in [0.5, 0.6) is 0 Å². The molecule has 7 heteroatoms. The molecule has 2 aromatic carbocycles. The summed E-state index contributed by atoms with van der Waals surface area (Å²) in [5.74, 6) is 0.569. The quantitative estimate of drug-likeness (QED) is 0.566. The zero-order chi connectivity index (χ0) is 19.6. The van der Waals surface area contributed by atoms with Gasteiger partial charge in [-0.2, -0.15) is 5.10 Å². The van der Waals surface area contributed by atoms with E-state index in [1.54, 1.807) is 16.9 Å². The third-order valence-corrected chi connectivity index (χ3v) is 5.21. The molecule has 6 nitrogen and oxygen atoms in total. The fourth-order valence-electron chi connectivity index (χ4n) is 3.74. The smallest absolute Gasteiger partial charge is 0.177 e. The summed E-state index contributed by atoms with van der Waals surface area (Å²) in [5, 5.41) is 4.39. The number of halogens is 1. The van der Waals surface area contributed by atoms with Crippen molar-refractivity contribution >= 4 is 11.2 Å². The molecule has 0 amide bonds. The zero-order valence-electron chi connectivity index (χ0n) is 16.0. The summed E-state index contributed by atoms with van der Waals surface area (Å²) in [7, 11) is 0. The Bertz CT molecular complexity index is 1130. The number of nitrogens with zero attached hydrogens (tertiary/aromatic N) is 4. The van der Waals surface area contributed by atoms with E-state index in [9.17, 15) is 4.39 Å². The average molecular weight is 391 g/mol. The van der Waals surface area contributed by atoms with E-state index in [1.165, 1.54) is 17.7 Å². The van der Waals surface area contributed by atoms with E-state index in [0.29, 0.717) is 6.54 Å². The van der Waals surface area contributed by atoms with Crippen LogP contribution >= 0.6 is 0 Å². The molecule has 0 saturated carbocycles. The Kier molecular flexibility index (Phi) is 4.83. The molecule has 1 aliphatic rings. The molecule has 0 atom stereocenters. The van der Waals surface area contributed by atoms with Gasteiger partial charge >= 0.3 is 0 Å². The summed E-state index contributed by atoms with van der Waals surface area (Å²) in [6, 6.07) is 15.0. The second-order valence-corrected chi connectivity index (χ2v) is 7.34. The van der Waals surface area contributed by atoms with Gasteiger partial charge in [-0.05, 0) is 29.3 Å². The Morgan fingerprint density at radius 3 is 2.62 bits per heavy atom. The van der Waals surface area contributed by atoms with Gasteiger partial charge in [-0.1, -0.05) is 30.3 Å². The van der Waals surface area contributed by atoms with Crippen molar-refractivity contribution in [3.63, 3.8) is 0 Å². The van der Waals surface area contributed by atoms with Gasteiger partial charge in [0.25, 0.3) is 0 Å². The molecule has 3 heterocycles. The number of morpholine rings is 1. The lowest BCUT2D eigenvalue weighted by Crippen LogP contribution is -2.35. The van der Waals surface area contributed by atoms with Gasteiger partial charge in [-0.3, -0.25) is 4.90 Å². The highest BCUT2D eigenvalue weighted by Gasteiger charge is 2.14. The van der Waals surface area contributed by atoms with E-state index in [0.717, 1.165) is 61.0 Å². The number of benzene rings is 2. The van der Waals surface area contributed by atoms with Crippen molar-refractivity contribution in [2.24, 2.45) is 0 Å². The van der Waals surface area contributed by atoms with E-state index in [1.807, 2.05) is 6.07 Å². The predicted molar refractivity (Wildman–Crippen MR) is 109 cm³/mol. The second kappa shape index (κ2) is 7.77. The molecule has 4 aromatic rings. The fraction of sp³-hybridized carbons (Fsp3) is 0.273. The Morgan fingerprint density at radius 1 is 1.00 bits per heavy atom. The number of fused-ring (bicyclic) bond motifs is 1. The maximum atomic E-state index is 13.5. The van der Waals surface area contributed by atoms with Crippen molar-refractivity contribution in [2.45, 2.75) is 13.1 Å². The monoisotopic (exact) mass is 391 g/mol. The van der Waals surface area contributed by atoms with Gasteiger partial charge in [0.2, 0.25) is 0 Å². The van der Waals surface area contributed by atoms with E-state index in [-0.39, 0.29) is 5.82 Å². The van der Waals surface area contributed by atoms with Crippen LogP contribution in [-0.4, -0.2) is 51.0 Å². The van der Waals surface area contributed by atoms with E-state index in [4.69, 9.17) is 9.72 Å². The minimum Gasteiger partial charge on any atom is -0.379 e. The fourth-order valence-corrected chi connectivity index (χ4v) is 3.74. The number of rotatable bonds is 5. The van der Waals surface area contributed by atoms with Crippen LogP contribution in [0.15, 0.2) is 54.7 Å². The first kappa shape index (κ1) is 18.0. The molecule has 2 aromatic heterocycles. The molecule has 148 valence electrons. The maximum Gasteiger partial charge on any atom is 0.177 e. The zero-order valence-corrected chi connectivity index (χ0v) is 16.0. The molecular weight excluding hydrogens is 369 g/mol. The Labute approximate surface area is 167 Å². The first-order chi connectivity index (χ1) is 14.2. The van der Waals surface area contributed by atoms with Crippen molar-refractivity contribution < 1.29 is 9.13 Å². The summed E-state index contributed by atoms with van der Waals surface area (Å²) in [4.78, 5) is 10.5. The molecule has 0 spiro atoms. The van der Waals surface area contributed by atoms with Crippen molar-refractivity contribution in [3.05, 3.63) is 71.7 Å². The minimum absolute atomic E-state index is 0.245.